The monoisotopic (exact) mass is 213 g/mol. The van der Waals surface area contributed by atoms with Gasteiger partial charge in [-0.3, -0.25) is 9.69 Å². The van der Waals surface area contributed by atoms with Crippen LogP contribution in [0.1, 0.15) is 32.1 Å². The topological polar surface area (TPSA) is 58.4 Å². The summed E-state index contributed by atoms with van der Waals surface area (Å²) in [6.07, 6.45) is 6.01. The Kier molecular flexibility index (Phi) is 4.54. The fourth-order valence-corrected chi connectivity index (χ4v) is 2.41. The minimum Gasteiger partial charge on any atom is -0.358 e. The van der Waals surface area contributed by atoms with Crippen LogP contribution in [0.15, 0.2) is 0 Å². The number of nitrogens with zero attached hydrogens (tertiary/aromatic N) is 1. The van der Waals surface area contributed by atoms with Gasteiger partial charge in [-0.15, -0.1) is 0 Å². The molecule has 0 heterocycles. The van der Waals surface area contributed by atoms with Gasteiger partial charge in [0.25, 0.3) is 0 Å². The summed E-state index contributed by atoms with van der Waals surface area (Å²) in [5.74, 6) is 0.0656. The van der Waals surface area contributed by atoms with Gasteiger partial charge < -0.3 is 11.1 Å². The van der Waals surface area contributed by atoms with Gasteiger partial charge in [0.1, 0.15) is 0 Å². The molecule has 0 radical (unpaired) electrons. The van der Waals surface area contributed by atoms with E-state index in [1.807, 2.05) is 7.05 Å². The van der Waals surface area contributed by atoms with Crippen LogP contribution >= 0.6 is 0 Å². The lowest BCUT2D eigenvalue weighted by atomic mass is 9.80. The Morgan fingerprint density at radius 1 is 1.40 bits per heavy atom. The van der Waals surface area contributed by atoms with Gasteiger partial charge in [0, 0.05) is 19.1 Å². The fourth-order valence-electron chi connectivity index (χ4n) is 2.41. The maximum absolute atomic E-state index is 11.3. The molecule has 0 atom stereocenters. The number of nitrogens with one attached hydrogen (secondary N) is 1. The molecule has 0 aromatic carbocycles. The van der Waals surface area contributed by atoms with E-state index in [1.54, 1.807) is 7.05 Å². The first-order valence-corrected chi connectivity index (χ1v) is 5.76. The Hall–Kier alpha value is -0.610. The molecule has 0 aromatic heterocycles. The number of amides is 1. The Labute approximate surface area is 92.2 Å². The minimum absolute atomic E-state index is 0.0603. The van der Waals surface area contributed by atoms with Crippen molar-refractivity contribution in [3.63, 3.8) is 0 Å². The maximum atomic E-state index is 11.3. The van der Waals surface area contributed by atoms with E-state index in [1.165, 1.54) is 19.3 Å². The molecule has 0 aliphatic heterocycles. The Morgan fingerprint density at radius 3 is 2.47 bits per heavy atom. The van der Waals surface area contributed by atoms with E-state index in [2.05, 4.69) is 10.2 Å². The lowest BCUT2D eigenvalue weighted by molar-refractivity contribution is -0.123. The molecule has 88 valence electrons. The molecule has 1 aliphatic rings. The predicted octanol–water partition coefficient (Wildman–Crippen LogP) is 0.326. The maximum Gasteiger partial charge on any atom is 0.233 e. The molecule has 0 aromatic rings. The number of carbonyl (C=O) groups is 1. The van der Waals surface area contributed by atoms with Crippen molar-refractivity contribution in [1.29, 1.82) is 0 Å². The molecule has 4 nitrogen and oxygen atoms in total. The van der Waals surface area contributed by atoms with Gasteiger partial charge in [0.2, 0.25) is 5.91 Å². The largest absolute Gasteiger partial charge is 0.358 e. The molecule has 0 saturated heterocycles. The molecule has 0 unspecified atom stereocenters. The third kappa shape index (κ3) is 2.92. The van der Waals surface area contributed by atoms with E-state index in [9.17, 15) is 4.79 Å². The number of hydrogen-bond acceptors (Lipinski definition) is 3. The van der Waals surface area contributed by atoms with Crippen LogP contribution in [0.5, 0.6) is 0 Å². The van der Waals surface area contributed by atoms with Crippen molar-refractivity contribution in [3.8, 4) is 0 Å². The summed E-state index contributed by atoms with van der Waals surface area (Å²) in [4.78, 5) is 13.5. The van der Waals surface area contributed by atoms with E-state index in [-0.39, 0.29) is 11.4 Å². The van der Waals surface area contributed by atoms with Gasteiger partial charge in [0.15, 0.2) is 0 Å². The van der Waals surface area contributed by atoms with Crippen LogP contribution in [-0.2, 0) is 4.79 Å². The zero-order valence-corrected chi connectivity index (χ0v) is 9.88. The lowest BCUT2D eigenvalue weighted by Gasteiger charge is -2.43. The van der Waals surface area contributed by atoms with Crippen molar-refractivity contribution in [2.45, 2.75) is 37.6 Å². The quantitative estimate of drug-likeness (QED) is 0.707. The number of hydrogen-bond donors (Lipinski definition) is 2. The highest BCUT2D eigenvalue weighted by atomic mass is 16.1. The van der Waals surface area contributed by atoms with Crippen molar-refractivity contribution in [1.82, 2.24) is 10.2 Å². The van der Waals surface area contributed by atoms with Crippen molar-refractivity contribution in [2.75, 3.05) is 27.2 Å². The summed E-state index contributed by atoms with van der Waals surface area (Å²) in [7, 11) is 3.68. The van der Waals surface area contributed by atoms with E-state index < -0.39 is 0 Å². The summed E-state index contributed by atoms with van der Waals surface area (Å²) in [5.41, 5.74) is 5.94. The molecular weight excluding hydrogens is 190 g/mol. The van der Waals surface area contributed by atoms with Crippen LogP contribution in [0.25, 0.3) is 0 Å². The molecule has 3 N–H and O–H groups in total. The third-order valence-corrected chi connectivity index (χ3v) is 3.63. The van der Waals surface area contributed by atoms with Gasteiger partial charge in [-0.1, -0.05) is 19.3 Å². The van der Waals surface area contributed by atoms with Crippen molar-refractivity contribution in [3.05, 3.63) is 0 Å². The summed E-state index contributed by atoms with van der Waals surface area (Å²) in [6, 6.07) is 0. The highest BCUT2D eigenvalue weighted by Crippen LogP contribution is 2.31. The van der Waals surface area contributed by atoms with Gasteiger partial charge in [-0.25, -0.2) is 0 Å². The van der Waals surface area contributed by atoms with Gasteiger partial charge >= 0.3 is 0 Å². The Balaban J connectivity index is 2.59. The average molecular weight is 213 g/mol. The average Bonchev–Trinajstić information content (AvgIpc) is 2.29. The molecule has 1 rings (SSSR count). The number of likely N-dealkylation sites (N-methyl/N-ethyl adjacent to an activating group) is 2. The van der Waals surface area contributed by atoms with Crippen LogP contribution in [-0.4, -0.2) is 43.5 Å². The zero-order chi connectivity index (χ0) is 11.3. The van der Waals surface area contributed by atoms with E-state index in [0.717, 1.165) is 12.8 Å². The van der Waals surface area contributed by atoms with E-state index >= 15 is 0 Å². The first kappa shape index (κ1) is 12.5. The molecule has 0 bridgehead atoms. The minimum atomic E-state index is 0.0603. The molecule has 1 aliphatic carbocycles. The fraction of sp³-hybridized carbons (Fsp3) is 0.909. The standard InChI is InChI=1S/C11H23N3O/c1-13-10(15)8-14(2)11(9-12)6-4-3-5-7-11/h3-9,12H2,1-2H3,(H,13,15). The summed E-state index contributed by atoms with van der Waals surface area (Å²) >= 11 is 0. The van der Waals surface area contributed by atoms with Crippen molar-refractivity contribution in [2.24, 2.45) is 5.73 Å². The Morgan fingerprint density at radius 2 is 2.00 bits per heavy atom. The highest BCUT2D eigenvalue weighted by molar-refractivity contribution is 5.77. The van der Waals surface area contributed by atoms with Crippen LogP contribution in [0.4, 0.5) is 0 Å². The van der Waals surface area contributed by atoms with Crippen molar-refractivity contribution < 1.29 is 4.79 Å². The number of nitrogens with two attached hydrogens (primary N) is 1. The molecule has 1 amide bonds. The van der Waals surface area contributed by atoms with Crippen molar-refractivity contribution >= 4 is 5.91 Å². The second-order valence-corrected chi connectivity index (χ2v) is 4.52. The van der Waals surface area contributed by atoms with Gasteiger partial charge in [-0.05, 0) is 19.9 Å². The van der Waals surface area contributed by atoms with Crippen LogP contribution < -0.4 is 11.1 Å². The smallest absolute Gasteiger partial charge is 0.233 e. The molecule has 1 fully saturated rings. The first-order valence-electron chi connectivity index (χ1n) is 5.76. The lowest BCUT2D eigenvalue weighted by Crippen LogP contribution is -2.55. The normalized spacial score (nSPS) is 20.3. The molecule has 15 heavy (non-hydrogen) atoms. The summed E-state index contributed by atoms with van der Waals surface area (Å²) < 4.78 is 0. The summed E-state index contributed by atoms with van der Waals surface area (Å²) in [6.45, 7) is 1.11. The second-order valence-electron chi connectivity index (χ2n) is 4.52. The molecule has 0 spiro atoms. The van der Waals surface area contributed by atoms with Gasteiger partial charge in [0.05, 0.1) is 6.54 Å². The summed E-state index contributed by atoms with van der Waals surface area (Å²) in [5, 5.41) is 2.65. The first-order chi connectivity index (χ1) is 7.14. The predicted molar refractivity (Wildman–Crippen MR) is 61.6 cm³/mol. The molecule has 1 saturated carbocycles. The number of carbonyl (C=O) groups excluding carboxylic acids is 1. The highest BCUT2D eigenvalue weighted by Gasteiger charge is 2.35. The van der Waals surface area contributed by atoms with Crippen LogP contribution in [0.2, 0.25) is 0 Å². The second kappa shape index (κ2) is 5.47. The molecular formula is C11H23N3O. The van der Waals surface area contributed by atoms with Gasteiger partial charge in [-0.2, -0.15) is 0 Å². The van der Waals surface area contributed by atoms with E-state index in [0.29, 0.717) is 13.1 Å². The van der Waals surface area contributed by atoms with Crippen LogP contribution in [0.3, 0.4) is 0 Å². The van der Waals surface area contributed by atoms with E-state index in [4.69, 9.17) is 5.73 Å². The SMILES string of the molecule is CNC(=O)CN(C)C1(CN)CCCCC1. The third-order valence-electron chi connectivity index (χ3n) is 3.63. The molecule has 4 heteroatoms. The van der Waals surface area contributed by atoms with Crippen LogP contribution in [0, 0.1) is 0 Å². The Bertz CT molecular complexity index is 212. The zero-order valence-electron chi connectivity index (χ0n) is 9.88. The number of rotatable bonds is 4.